The van der Waals surface area contributed by atoms with Crippen LogP contribution in [0.4, 0.5) is 11.5 Å². The number of para-hydroxylation sites is 1. The minimum absolute atomic E-state index is 0.220. The average molecular weight is 397 g/mol. The first-order chi connectivity index (χ1) is 14.6. The maximum absolute atomic E-state index is 12.7. The number of amides is 1. The number of nitrogens with zero attached hydrogens (tertiary/aromatic N) is 3. The zero-order chi connectivity index (χ0) is 20.9. The topological polar surface area (TPSA) is 79.8 Å². The number of carbonyl (C=O) groups is 1. The van der Waals surface area contributed by atoms with Gasteiger partial charge in [-0.2, -0.15) is 0 Å². The lowest BCUT2D eigenvalue weighted by atomic mass is 10.2. The van der Waals surface area contributed by atoms with Crippen molar-refractivity contribution in [1.29, 1.82) is 0 Å². The minimum atomic E-state index is -0.220. The number of benzene rings is 2. The third-order valence-corrected chi connectivity index (χ3v) is 4.56. The molecule has 4 rings (SSSR count). The molecule has 0 bridgehead atoms. The van der Waals surface area contributed by atoms with Crippen LogP contribution in [-0.2, 0) is 0 Å². The quantitative estimate of drug-likeness (QED) is 0.487. The van der Waals surface area contributed by atoms with Gasteiger partial charge in [0.05, 0.1) is 11.2 Å². The Morgan fingerprint density at radius 3 is 2.57 bits per heavy atom. The minimum Gasteiger partial charge on any atom is -0.350 e. The van der Waals surface area contributed by atoms with Crippen LogP contribution in [0, 0.1) is 5.92 Å². The Hall–Kier alpha value is -3.80. The van der Waals surface area contributed by atoms with Crippen LogP contribution >= 0.6 is 0 Å². The molecule has 1 amide bonds. The molecule has 4 aromatic rings. The van der Waals surface area contributed by atoms with Gasteiger partial charge in [-0.1, -0.05) is 62.4 Å². The number of anilines is 2. The molecular weight excluding hydrogens is 374 g/mol. The summed E-state index contributed by atoms with van der Waals surface area (Å²) in [5.41, 5.74) is 2.82. The summed E-state index contributed by atoms with van der Waals surface area (Å²) in [6, 6.07) is 21.1. The first-order valence-corrected chi connectivity index (χ1v) is 9.93. The van der Waals surface area contributed by atoms with Crippen molar-refractivity contribution in [2.45, 2.75) is 13.8 Å². The Bertz CT molecular complexity index is 1170. The molecule has 2 heterocycles. The highest BCUT2D eigenvalue weighted by Crippen LogP contribution is 2.25. The second-order valence-corrected chi connectivity index (χ2v) is 7.44. The number of hydrogen-bond acceptors (Lipinski definition) is 5. The van der Waals surface area contributed by atoms with Crippen LogP contribution in [0.5, 0.6) is 0 Å². The maximum atomic E-state index is 12.7. The highest BCUT2D eigenvalue weighted by atomic mass is 16.1. The van der Waals surface area contributed by atoms with Crippen molar-refractivity contribution in [3.8, 4) is 11.4 Å². The van der Waals surface area contributed by atoms with E-state index in [0.717, 1.165) is 22.2 Å². The molecule has 0 unspecified atom stereocenters. The smallest absolute Gasteiger partial charge is 0.270 e. The molecule has 0 radical (unpaired) electrons. The predicted molar refractivity (Wildman–Crippen MR) is 120 cm³/mol. The van der Waals surface area contributed by atoms with Crippen LogP contribution in [0.3, 0.4) is 0 Å². The zero-order valence-electron chi connectivity index (χ0n) is 17.0. The average Bonchev–Trinajstić information content (AvgIpc) is 2.78. The van der Waals surface area contributed by atoms with Gasteiger partial charge in [-0.05, 0) is 18.1 Å². The van der Waals surface area contributed by atoms with Crippen molar-refractivity contribution in [2.24, 2.45) is 5.92 Å². The van der Waals surface area contributed by atoms with Crippen molar-refractivity contribution in [2.75, 3.05) is 11.9 Å². The summed E-state index contributed by atoms with van der Waals surface area (Å²) in [4.78, 5) is 26.3. The van der Waals surface area contributed by atoms with E-state index in [9.17, 15) is 4.79 Å². The Morgan fingerprint density at radius 1 is 0.967 bits per heavy atom. The lowest BCUT2D eigenvalue weighted by Gasteiger charge is -2.12. The molecule has 6 nitrogen and oxygen atoms in total. The molecule has 0 atom stereocenters. The molecule has 2 aromatic heterocycles. The zero-order valence-corrected chi connectivity index (χ0v) is 17.0. The van der Waals surface area contributed by atoms with Crippen LogP contribution in [-0.4, -0.2) is 27.4 Å². The van der Waals surface area contributed by atoms with E-state index in [1.54, 1.807) is 12.3 Å². The molecule has 150 valence electrons. The molecule has 2 aromatic carbocycles. The fourth-order valence-electron chi connectivity index (χ4n) is 3.07. The molecule has 30 heavy (non-hydrogen) atoms. The third-order valence-electron chi connectivity index (χ3n) is 4.56. The molecule has 2 N–H and O–H groups in total. The summed E-state index contributed by atoms with van der Waals surface area (Å²) in [6.07, 6.45) is 1.76. The lowest BCUT2D eigenvalue weighted by Crippen LogP contribution is -2.28. The standard InChI is InChI=1S/C24H23N5O/c1-16(2)15-26-24(30)20-14-21(29-23(28-20)18-8-4-3-5-9-18)27-19-12-6-10-17-11-7-13-25-22(17)19/h3-14,16H,15H2,1-2H3,(H,26,30)(H,27,28,29). The highest BCUT2D eigenvalue weighted by molar-refractivity contribution is 5.95. The largest absolute Gasteiger partial charge is 0.350 e. The van der Waals surface area contributed by atoms with E-state index in [4.69, 9.17) is 0 Å². The Morgan fingerprint density at radius 2 is 1.77 bits per heavy atom. The van der Waals surface area contributed by atoms with Gasteiger partial charge in [0.1, 0.15) is 11.5 Å². The first-order valence-electron chi connectivity index (χ1n) is 9.93. The van der Waals surface area contributed by atoms with Gasteiger partial charge in [0, 0.05) is 29.8 Å². The number of carbonyl (C=O) groups excluding carboxylic acids is 1. The third kappa shape index (κ3) is 4.43. The van der Waals surface area contributed by atoms with Crippen molar-refractivity contribution in [3.05, 3.63) is 78.6 Å². The van der Waals surface area contributed by atoms with Crippen molar-refractivity contribution in [3.63, 3.8) is 0 Å². The monoisotopic (exact) mass is 397 g/mol. The lowest BCUT2D eigenvalue weighted by molar-refractivity contribution is 0.0944. The molecule has 0 saturated carbocycles. The number of aromatic nitrogens is 3. The van der Waals surface area contributed by atoms with Gasteiger partial charge in [-0.3, -0.25) is 9.78 Å². The van der Waals surface area contributed by atoms with E-state index in [2.05, 4.69) is 39.4 Å². The Balaban J connectivity index is 1.74. The summed E-state index contributed by atoms with van der Waals surface area (Å²) in [6.45, 7) is 4.69. The van der Waals surface area contributed by atoms with Crippen molar-refractivity contribution < 1.29 is 4.79 Å². The van der Waals surface area contributed by atoms with E-state index in [1.807, 2.05) is 60.7 Å². The summed E-state index contributed by atoms with van der Waals surface area (Å²) < 4.78 is 0. The molecule has 0 aliphatic carbocycles. The maximum Gasteiger partial charge on any atom is 0.270 e. The molecular formula is C24H23N5O. The SMILES string of the molecule is CC(C)CNC(=O)c1cc(Nc2cccc3cccnc23)nc(-c2ccccc2)n1. The van der Waals surface area contributed by atoms with Gasteiger partial charge < -0.3 is 10.6 Å². The van der Waals surface area contributed by atoms with Crippen LogP contribution in [0.1, 0.15) is 24.3 Å². The van der Waals surface area contributed by atoms with Gasteiger partial charge in [0.15, 0.2) is 5.82 Å². The fourth-order valence-corrected chi connectivity index (χ4v) is 3.07. The summed E-state index contributed by atoms with van der Waals surface area (Å²) in [5.74, 6) is 1.16. The summed E-state index contributed by atoms with van der Waals surface area (Å²) in [7, 11) is 0. The van der Waals surface area contributed by atoms with E-state index < -0.39 is 0 Å². The Labute approximate surface area is 175 Å². The van der Waals surface area contributed by atoms with E-state index in [0.29, 0.717) is 29.8 Å². The number of nitrogens with one attached hydrogen (secondary N) is 2. The second-order valence-electron chi connectivity index (χ2n) is 7.44. The first kappa shape index (κ1) is 19.5. The summed E-state index contributed by atoms with van der Waals surface area (Å²) in [5, 5.41) is 7.27. The van der Waals surface area contributed by atoms with Crippen molar-refractivity contribution in [1.82, 2.24) is 20.3 Å². The number of hydrogen-bond donors (Lipinski definition) is 2. The van der Waals surface area contributed by atoms with E-state index in [1.165, 1.54) is 0 Å². The normalized spacial score (nSPS) is 10.9. The number of pyridine rings is 1. The van der Waals surface area contributed by atoms with E-state index in [-0.39, 0.29) is 5.91 Å². The second kappa shape index (κ2) is 8.69. The van der Waals surface area contributed by atoms with Crippen molar-refractivity contribution >= 4 is 28.3 Å². The van der Waals surface area contributed by atoms with Gasteiger partial charge in [-0.25, -0.2) is 9.97 Å². The van der Waals surface area contributed by atoms with Crippen LogP contribution in [0.25, 0.3) is 22.3 Å². The van der Waals surface area contributed by atoms with Gasteiger partial charge in [-0.15, -0.1) is 0 Å². The van der Waals surface area contributed by atoms with Crippen LogP contribution < -0.4 is 10.6 Å². The van der Waals surface area contributed by atoms with Crippen LogP contribution in [0.15, 0.2) is 72.9 Å². The molecule has 0 aliphatic heterocycles. The molecule has 0 spiro atoms. The molecule has 0 saturated heterocycles. The molecule has 0 fully saturated rings. The predicted octanol–water partition coefficient (Wildman–Crippen LogP) is 4.82. The van der Waals surface area contributed by atoms with Gasteiger partial charge in [0.2, 0.25) is 0 Å². The van der Waals surface area contributed by atoms with Crippen LogP contribution in [0.2, 0.25) is 0 Å². The van der Waals surface area contributed by atoms with Gasteiger partial charge >= 0.3 is 0 Å². The Kier molecular flexibility index (Phi) is 5.66. The van der Waals surface area contributed by atoms with Gasteiger partial charge in [0.25, 0.3) is 5.91 Å². The molecule has 6 heteroatoms. The van der Waals surface area contributed by atoms with E-state index >= 15 is 0 Å². The fraction of sp³-hybridized carbons (Fsp3) is 0.167. The highest BCUT2D eigenvalue weighted by Gasteiger charge is 2.14. The molecule has 0 aliphatic rings. The number of rotatable bonds is 6. The summed E-state index contributed by atoms with van der Waals surface area (Å²) >= 11 is 0. The number of fused-ring (bicyclic) bond motifs is 1.